The van der Waals surface area contributed by atoms with Gasteiger partial charge in [-0.05, 0) is 42.0 Å². The van der Waals surface area contributed by atoms with E-state index in [1.807, 2.05) is 34.4 Å². The molecule has 0 saturated heterocycles. The van der Waals surface area contributed by atoms with Crippen molar-refractivity contribution in [3.8, 4) is 28.3 Å². The fourth-order valence-corrected chi connectivity index (χ4v) is 4.90. The van der Waals surface area contributed by atoms with Gasteiger partial charge < -0.3 is 9.88 Å². The Morgan fingerprint density at radius 3 is 2.34 bits per heavy atom. The average molecular weight is 510 g/mol. The predicted octanol–water partition coefficient (Wildman–Crippen LogP) is 4.38. The molecule has 0 unspecified atom stereocenters. The van der Waals surface area contributed by atoms with Gasteiger partial charge in [-0.3, -0.25) is 18.5 Å². The fourth-order valence-electron chi connectivity index (χ4n) is 4.90. The second-order valence-corrected chi connectivity index (χ2v) is 9.31. The number of hydrogen-bond donors (Lipinski definition) is 1. The lowest BCUT2D eigenvalue weighted by atomic mass is 10.0. The summed E-state index contributed by atoms with van der Waals surface area (Å²) in [6, 6.07) is 15.9. The first-order valence-corrected chi connectivity index (χ1v) is 12.0. The molecule has 38 heavy (non-hydrogen) atoms. The number of benzene rings is 3. The highest BCUT2D eigenvalue weighted by Crippen LogP contribution is 2.34. The van der Waals surface area contributed by atoms with E-state index >= 15 is 4.39 Å². The van der Waals surface area contributed by atoms with Crippen LogP contribution in [0.15, 0.2) is 71.9 Å². The SMILES string of the molecule is CC(=O)Nc1ccc(-c2cc3nc(-c4cncn4C)n(-c4ccc5c(c4)n(C)c(=O)n5C)c3cc2F)cc1. The molecule has 0 aliphatic heterocycles. The van der Waals surface area contributed by atoms with E-state index in [1.54, 1.807) is 66.1 Å². The van der Waals surface area contributed by atoms with E-state index in [9.17, 15) is 9.59 Å². The average Bonchev–Trinajstić information content (AvgIpc) is 3.54. The molecular weight excluding hydrogens is 485 g/mol. The zero-order chi connectivity index (χ0) is 26.7. The topological polar surface area (TPSA) is 91.7 Å². The number of rotatable bonds is 4. The lowest BCUT2D eigenvalue weighted by molar-refractivity contribution is -0.114. The van der Waals surface area contributed by atoms with Crippen LogP contribution in [0.3, 0.4) is 0 Å². The number of anilines is 1. The lowest BCUT2D eigenvalue weighted by Gasteiger charge is -2.11. The van der Waals surface area contributed by atoms with Crippen LogP contribution in [-0.4, -0.2) is 34.1 Å². The highest BCUT2D eigenvalue weighted by Gasteiger charge is 2.20. The molecule has 6 rings (SSSR count). The Labute approximate surface area is 216 Å². The molecule has 3 aromatic carbocycles. The van der Waals surface area contributed by atoms with Crippen molar-refractivity contribution in [2.45, 2.75) is 6.92 Å². The van der Waals surface area contributed by atoms with Gasteiger partial charge in [-0.15, -0.1) is 0 Å². The molecule has 0 atom stereocenters. The van der Waals surface area contributed by atoms with E-state index < -0.39 is 5.82 Å². The maximum absolute atomic E-state index is 15.6. The largest absolute Gasteiger partial charge is 0.331 e. The van der Waals surface area contributed by atoms with Crippen LogP contribution in [0.2, 0.25) is 0 Å². The zero-order valence-corrected chi connectivity index (χ0v) is 21.2. The molecule has 0 fully saturated rings. The highest BCUT2D eigenvalue weighted by atomic mass is 19.1. The maximum atomic E-state index is 15.6. The molecule has 0 spiro atoms. The molecule has 3 aromatic heterocycles. The van der Waals surface area contributed by atoms with Crippen LogP contribution >= 0.6 is 0 Å². The first kappa shape index (κ1) is 23.4. The summed E-state index contributed by atoms with van der Waals surface area (Å²) in [6.45, 7) is 1.44. The van der Waals surface area contributed by atoms with Crippen molar-refractivity contribution in [1.29, 1.82) is 0 Å². The van der Waals surface area contributed by atoms with Gasteiger partial charge in [-0.25, -0.2) is 19.2 Å². The van der Waals surface area contributed by atoms with Crippen LogP contribution in [0.25, 0.3) is 50.4 Å². The molecule has 0 aliphatic carbocycles. The van der Waals surface area contributed by atoms with Crippen molar-refractivity contribution in [3.05, 3.63) is 83.4 Å². The van der Waals surface area contributed by atoms with Crippen LogP contribution < -0.4 is 11.0 Å². The number of amides is 1. The normalized spacial score (nSPS) is 11.5. The molecular formula is C28H24FN7O2. The molecule has 0 radical (unpaired) electrons. The van der Waals surface area contributed by atoms with E-state index in [0.29, 0.717) is 33.7 Å². The van der Waals surface area contributed by atoms with Gasteiger partial charge in [0.2, 0.25) is 5.91 Å². The van der Waals surface area contributed by atoms with E-state index in [2.05, 4.69) is 10.3 Å². The minimum absolute atomic E-state index is 0.125. The first-order valence-electron chi connectivity index (χ1n) is 12.0. The lowest BCUT2D eigenvalue weighted by Crippen LogP contribution is -2.19. The zero-order valence-electron chi connectivity index (χ0n) is 21.2. The van der Waals surface area contributed by atoms with Crippen molar-refractivity contribution in [3.63, 3.8) is 0 Å². The van der Waals surface area contributed by atoms with E-state index in [-0.39, 0.29) is 11.6 Å². The fraction of sp³-hybridized carbons (Fsp3) is 0.143. The standard InChI is InChI=1S/C28H24FN7O2/c1-16(37)31-18-7-5-17(6-8-18)20-12-22-24(13-21(20)29)36(27(32-22)26-14-30-15-33(26)2)19-9-10-23-25(11-19)35(4)28(38)34(23)3/h5-15H,1-4H3,(H,31,37). The van der Waals surface area contributed by atoms with E-state index in [0.717, 1.165) is 22.4 Å². The number of aryl methyl sites for hydroxylation is 3. The summed E-state index contributed by atoms with van der Waals surface area (Å²) in [5, 5.41) is 2.72. The van der Waals surface area contributed by atoms with E-state index in [1.165, 1.54) is 13.0 Å². The van der Waals surface area contributed by atoms with Crippen LogP contribution in [-0.2, 0) is 25.9 Å². The maximum Gasteiger partial charge on any atom is 0.328 e. The van der Waals surface area contributed by atoms with Crippen LogP contribution in [0, 0.1) is 5.82 Å². The van der Waals surface area contributed by atoms with Gasteiger partial charge >= 0.3 is 5.69 Å². The number of imidazole rings is 3. The molecule has 10 heteroatoms. The van der Waals surface area contributed by atoms with E-state index in [4.69, 9.17) is 4.98 Å². The summed E-state index contributed by atoms with van der Waals surface area (Å²) in [4.78, 5) is 33.0. The number of nitrogens with zero attached hydrogens (tertiary/aromatic N) is 6. The van der Waals surface area contributed by atoms with Crippen LogP contribution in [0.4, 0.5) is 10.1 Å². The number of hydrogen-bond acceptors (Lipinski definition) is 4. The van der Waals surface area contributed by atoms with Crippen LogP contribution in [0.1, 0.15) is 6.92 Å². The summed E-state index contributed by atoms with van der Waals surface area (Å²) in [7, 11) is 5.34. The molecule has 9 nitrogen and oxygen atoms in total. The highest BCUT2D eigenvalue weighted by molar-refractivity contribution is 5.90. The Hall–Kier alpha value is -4.99. The molecule has 0 bridgehead atoms. The van der Waals surface area contributed by atoms with Crippen molar-refractivity contribution < 1.29 is 9.18 Å². The van der Waals surface area contributed by atoms with Gasteiger partial charge in [0, 0.05) is 51.1 Å². The quantitative estimate of drug-likeness (QED) is 0.382. The third kappa shape index (κ3) is 3.61. The van der Waals surface area contributed by atoms with Gasteiger partial charge in [0.1, 0.15) is 11.5 Å². The van der Waals surface area contributed by atoms with Gasteiger partial charge in [0.25, 0.3) is 0 Å². The number of nitrogens with one attached hydrogen (secondary N) is 1. The summed E-state index contributed by atoms with van der Waals surface area (Å²) in [6.07, 6.45) is 3.40. The molecule has 1 amide bonds. The Balaban J connectivity index is 1.58. The molecule has 190 valence electrons. The molecule has 3 heterocycles. The number of fused-ring (bicyclic) bond motifs is 2. The molecule has 0 saturated carbocycles. The van der Waals surface area contributed by atoms with Crippen molar-refractivity contribution in [2.24, 2.45) is 21.1 Å². The van der Waals surface area contributed by atoms with Crippen molar-refractivity contribution in [2.75, 3.05) is 5.32 Å². The minimum atomic E-state index is -0.407. The van der Waals surface area contributed by atoms with Gasteiger partial charge in [0.05, 0.1) is 34.6 Å². The third-order valence-electron chi connectivity index (χ3n) is 6.82. The summed E-state index contributed by atoms with van der Waals surface area (Å²) in [5.41, 5.74) is 5.80. The van der Waals surface area contributed by atoms with Crippen molar-refractivity contribution >= 4 is 33.7 Å². The van der Waals surface area contributed by atoms with Gasteiger partial charge in [-0.1, -0.05) is 12.1 Å². The Morgan fingerprint density at radius 1 is 0.921 bits per heavy atom. The predicted molar refractivity (Wildman–Crippen MR) is 145 cm³/mol. The number of carbonyl (C=O) groups excluding carboxylic acids is 1. The monoisotopic (exact) mass is 509 g/mol. The van der Waals surface area contributed by atoms with Crippen molar-refractivity contribution in [1.82, 2.24) is 28.2 Å². The molecule has 0 aliphatic rings. The number of aromatic nitrogens is 6. The first-order chi connectivity index (χ1) is 18.2. The van der Waals surface area contributed by atoms with Crippen LogP contribution in [0.5, 0.6) is 0 Å². The van der Waals surface area contributed by atoms with Gasteiger partial charge in [0.15, 0.2) is 5.82 Å². The number of halogens is 1. The third-order valence-corrected chi connectivity index (χ3v) is 6.82. The second kappa shape index (κ2) is 8.55. The summed E-state index contributed by atoms with van der Waals surface area (Å²) >= 11 is 0. The smallest absolute Gasteiger partial charge is 0.328 e. The second-order valence-electron chi connectivity index (χ2n) is 9.31. The Morgan fingerprint density at radius 2 is 1.66 bits per heavy atom. The minimum Gasteiger partial charge on any atom is -0.331 e. The Bertz CT molecular complexity index is 1940. The van der Waals surface area contributed by atoms with Gasteiger partial charge in [-0.2, -0.15) is 0 Å². The number of carbonyl (C=O) groups is 1. The Kier molecular flexibility index (Phi) is 5.27. The summed E-state index contributed by atoms with van der Waals surface area (Å²) < 4.78 is 22.6. The summed E-state index contributed by atoms with van der Waals surface area (Å²) in [5.74, 6) is 0.0147. The molecule has 1 N–H and O–H groups in total. The molecule has 6 aromatic rings.